The Morgan fingerprint density at radius 1 is 0.784 bits per heavy atom. The molecule has 0 bridgehead atoms. The summed E-state index contributed by atoms with van der Waals surface area (Å²) in [5, 5.41) is 6.59. The summed E-state index contributed by atoms with van der Waals surface area (Å²) in [4.78, 5) is 84.3. The van der Waals surface area contributed by atoms with Crippen molar-refractivity contribution in [2.24, 2.45) is 13.0 Å². The van der Waals surface area contributed by atoms with Gasteiger partial charge < -0.3 is 39.4 Å². The number of likely N-dealkylation sites (tertiary alicyclic amines) is 1. The number of amides is 5. The summed E-state index contributed by atoms with van der Waals surface area (Å²) in [7, 11) is 6.55. The minimum Gasteiger partial charge on any atom is -0.457 e. The molecule has 5 aromatic rings. The first-order chi connectivity index (χ1) is 35.6. The van der Waals surface area contributed by atoms with Crippen LogP contribution in [0.1, 0.15) is 61.5 Å². The van der Waals surface area contributed by atoms with E-state index in [9.17, 15) is 23.6 Å². The number of nitrogens with one attached hydrogen (secondary N) is 2. The second-order valence-electron chi connectivity index (χ2n) is 19.3. The highest BCUT2D eigenvalue weighted by Crippen LogP contribution is 2.33. The van der Waals surface area contributed by atoms with Crippen molar-refractivity contribution in [2.45, 2.75) is 89.1 Å². The van der Waals surface area contributed by atoms with E-state index in [1.165, 1.54) is 34.7 Å². The lowest BCUT2D eigenvalue weighted by Gasteiger charge is -2.36. The van der Waals surface area contributed by atoms with Crippen molar-refractivity contribution in [2.75, 3.05) is 54.1 Å². The molecule has 2 N–H and O–H groups in total. The molecule has 2 fully saturated rings. The molecule has 18 heteroatoms. The molecular formula is C56H67Cl2FN8O7. The van der Waals surface area contributed by atoms with E-state index in [0.29, 0.717) is 21.4 Å². The zero-order valence-electron chi connectivity index (χ0n) is 42.8. The van der Waals surface area contributed by atoms with Crippen molar-refractivity contribution in [3.05, 3.63) is 136 Å². The van der Waals surface area contributed by atoms with Gasteiger partial charge >= 0.3 is 0 Å². The van der Waals surface area contributed by atoms with Crippen molar-refractivity contribution < 1.29 is 37.8 Å². The molecule has 1 aromatic heterocycles. The smallest absolute Gasteiger partial charge is 0.247 e. The van der Waals surface area contributed by atoms with E-state index in [0.717, 1.165) is 47.8 Å². The lowest BCUT2D eigenvalue weighted by Crippen LogP contribution is -2.58. The first-order valence-electron chi connectivity index (χ1n) is 25.1. The van der Waals surface area contributed by atoms with E-state index in [-0.39, 0.29) is 62.9 Å². The first kappa shape index (κ1) is 55.4. The molecule has 7 rings (SSSR count). The molecule has 5 atom stereocenters. The van der Waals surface area contributed by atoms with Crippen LogP contribution in [0.5, 0.6) is 11.5 Å². The summed E-state index contributed by atoms with van der Waals surface area (Å²) in [6.07, 6.45) is 3.72. The van der Waals surface area contributed by atoms with Gasteiger partial charge in [0.05, 0.1) is 44.2 Å². The molecule has 74 heavy (non-hydrogen) atoms. The summed E-state index contributed by atoms with van der Waals surface area (Å²) < 4.78 is 29.1. The molecule has 2 aliphatic heterocycles. The largest absolute Gasteiger partial charge is 0.457 e. The number of rotatable bonds is 15. The van der Waals surface area contributed by atoms with Crippen molar-refractivity contribution in [3.63, 3.8) is 0 Å². The van der Waals surface area contributed by atoms with Crippen LogP contribution in [0.4, 0.5) is 4.39 Å². The summed E-state index contributed by atoms with van der Waals surface area (Å²) >= 11 is 12.8. The monoisotopic (exact) mass is 1050 g/mol. The highest BCUT2D eigenvalue weighted by Gasteiger charge is 2.38. The van der Waals surface area contributed by atoms with E-state index in [4.69, 9.17) is 37.7 Å². The first-order valence-corrected chi connectivity index (χ1v) is 25.9. The Hall–Kier alpha value is -6.33. The van der Waals surface area contributed by atoms with Crippen molar-refractivity contribution in [1.82, 2.24) is 39.8 Å². The van der Waals surface area contributed by atoms with Crippen LogP contribution in [0.25, 0.3) is 11.3 Å². The standard InChI is InChI=1S/C56H67Cl2FN8O7/c1-37-32-61-52(68)31-45(28-39-13-18-43(57)19-14-39)64(3)56(72)47(36-73-5)62-54(70)48(23-24-59)67(53(69)29-42(55(71)63(37)2)27-38-11-7-6-8-12-38)34-41-15-20-44(58)30-50(41)74-46-21-16-40(17-22-46)49-33-60-51(65(49)4)35-66-25-9-10-26-66/h6-8,11-22,30,33,37,42,45,47-48H,9-10,23-29,31-32,34-36H2,1-5H3,(H,61,68)(H,62,70)/t37-,42+,45-,47-,48-/m0/s1. The van der Waals surface area contributed by atoms with Crippen molar-refractivity contribution in [1.29, 1.82) is 0 Å². The number of carbonyl (C=O) groups is 5. The lowest BCUT2D eigenvalue weighted by molar-refractivity contribution is -0.147. The Labute approximate surface area is 443 Å². The van der Waals surface area contributed by atoms with Gasteiger partial charge in [-0.3, -0.25) is 33.3 Å². The predicted molar refractivity (Wildman–Crippen MR) is 283 cm³/mol. The SMILES string of the molecule is COC[C@@H]1NC(=O)[C@H](CCF)N(Cc2ccc(Cl)cc2Oc2ccc(-c3cnc(CN4CCCC4)n3C)cc2)C(=O)C[C@@H](Cc2ccccc2)C(=O)N(C)[C@@H](C)CNC(=O)C[C@H](Cc2ccc(Cl)cc2)N(C)C1=O. The average Bonchev–Trinajstić information content (AvgIpc) is 4.05. The molecule has 2 aliphatic rings. The summed E-state index contributed by atoms with van der Waals surface area (Å²) in [5.41, 5.74) is 3.90. The third-order valence-electron chi connectivity index (χ3n) is 14.1. The quantitative estimate of drug-likeness (QED) is 0.107. The van der Waals surface area contributed by atoms with Crippen LogP contribution in [0, 0.1) is 5.92 Å². The molecule has 4 aromatic carbocycles. The topological polar surface area (TPSA) is 159 Å². The Bertz CT molecular complexity index is 2700. The number of halogens is 3. The molecule has 0 radical (unpaired) electrons. The van der Waals surface area contributed by atoms with Gasteiger partial charge in [0, 0.05) is 87.3 Å². The third kappa shape index (κ3) is 14.5. The van der Waals surface area contributed by atoms with Crippen molar-refractivity contribution in [3.8, 4) is 22.8 Å². The predicted octanol–water partition coefficient (Wildman–Crippen LogP) is 7.66. The Morgan fingerprint density at radius 3 is 2.16 bits per heavy atom. The van der Waals surface area contributed by atoms with E-state index >= 15 is 4.79 Å². The summed E-state index contributed by atoms with van der Waals surface area (Å²) in [6, 6.07) is 24.7. The number of carbonyl (C=O) groups excluding carboxylic acids is 5. The molecule has 15 nitrogen and oxygen atoms in total. The van der Waals surface area contributed by atoms with Gasteiger partial charge in [-0.2, -0.15) is 0 Å². The van der Waals surface area contributed by atoms with Gasteiger partial charge in [-0.15, -0.1) is 0 Å². The Morgan fingerprint density at radius 2 is 1.47 bits per heavy atom. The lowest BCUT2D eigenvalue weighted by atomic mass is 9.93. The van der Waals surface area contributed by atoms with E-state index in [1.54, 1.807) is 51.4 Å². The second kappa shape index (κ2) is 26.2. The average molecular weight is 1050 g/mol. The highest BCUT2D eigenvalue weighted by atomic mass is 35.5. The maximum absolute atomic E-state index is 15.2. The van der Waals surface area contributed by atoms with Crippen LogP contribution in [0.15, 0.2) is 103 Å². The fraction of sp³-hybridized carbons (Fsp3) is 0.429. The zero-order chi connectivity index (χ0) is 52.9. The minimum atomic E-state index is -1.49. The maximum Gasteiger partial charge on any atom is 0.247 e. The normalized spacial score (nSPS) is 21.1. The number of aromatic nitrogens is 2. The van der Waals surface area contributed by atoms with Crippen LogP contribution < -0.4 is 15.4 Å². The summed E-state index contributed by atoms with van der Waals surface area (Å²) in [6.45, 7) is 3.21. The number of methoxy groups -OCH3 is 1. The zero-order valence-corrected chi connectivity index (χ0v) is 44.3. The molecule has 0 spiro atoms. The third-order valence-corrected chi connectivity index (χ3v) is 14.6. The number of imidazole rings is 1. The fourth-order valence-electron chi connectivity index (χ4n) is 9.60. The number of hydrogen-bond donors (Lipinski definition) is 2. The number of ether oxygens (including phenoxy) is 2. The highest BCUT2D eigenvalue weighted by molar-refractivity contribution is 6.31. The second-order valence-corrected chi connectivity index (χ2v) is 20.2. The van der Waals surface area contributed by atoms with Gasteiger partial charge in [-0.1, -0.05) is 71.7 Å². The number of likely N-dealkylation sites (N-methyl/N-ethyl adjacent to an activating group) is 2. The molecule has 0 saturated carbocycles. The molecule has 0 unspecified atom stereocenters. The number of alkyl halides is 1. The van der Waals surface area contributed by atoms with Gasteiger partial charge in [-0.05, 0) is 105 Å². The molecule has 2 saturated heterocycles. The number of nitrogens with zero attached hydrogens (tertiary/aromatic N) is 6. The number of hydrogen-bond acceptors (Lipinski definition) is 9. The van der Waals surface area contributed by atoms with Gasteiger partial charge in [0.1, 0.15) is 29.4 Å². The van der Waals surface area contributed by atoms with Crippen molar-refractivity contribution >= 4 is 52.7 Å². The van der Waals surface area contributed by atoms with Crippen LogP contribution in [0.2, 0.25) is 10.0 Å². The fourth-order valence-corrected chi connectivity index (χ4v) is 9.89. The molecule has 394 valence electrons. The Kier molecular flexibility index (Phi) is 19.7. The van der Waals surface area contributed by atoms with Crippen LogP contribution >= 0.6 is 23.2 Å². The van der Waals surface area contributed by atoms with Gasteiger partial charge in [0.2, 0.25) is 29.5 Å². The van der Waals surface area contributed by atoms with E-state index in [1.807, 2.05) is 80.0 Å². The molecule has 0 aliphatic carbocycles. The maximum atomic E-state index is 15.2. The molecular weight excluding hydrogens is 987 g/mol. The van der Waals surface area contributed by atoms with Gasteiger partial charge in [0.25, 0.3) is 0 Å². The van der Waals surface area contributed by atoms with E-state index < -0.39 is 60.9 Å². The van der Waals surface area contributed by atoms with E-state index in [2.05, 4.69) is 20.1 Å². The number of benzene rings is 4. The van der Waals surface area contributed by atoms with Crippen LogP contribution in [0.3, 0.4) is 0 Å². The summed E-state index contributed by atoms with van der Waals surface area (Å²) in [5.74, 6) is -1.98. The van der Waals surface area contributed by atoms with Gasteiger partial charge in [0.15, 0.2) is 0 Å². The van der Waals surface area contributed by atoms with Crippen LogP contribution in [-0.2, 0) is 61.7 Å². The minimum absolute atomic E-state index is 0.0800. The Balaban J connectivity index is 1.24. The van der Waals surface area contributed by atoms with Crippen LogP contribution in [-0.4, -0.2) is 137 Å². The molecule has 3 heterocycles. The molecule has 5 amide bonds. The van der Waals surface area contributed by atoms with Gasteiger partial charge in [-0.25, -0.2) is 4.98 Å².